The second kappa shape index (κ2) is 12.7. The summed E-state index contributed by atoms with van der Waals surface area (Å²) < 4.78 is 5.46. The monoisotopic (exact) mass is 519 g/mol. The maximum Gasteiger partial charge on any atom is 0.307 e. The zero-order chi connectivity index (χ0) is 28.0. The third kappa shape index (κ3) is 8.97. The molecule has 1 heterocycles. The molecule has 208 valence electrons. The van der Waals surface area contributed by atoms with E-state index in [1.165, 1.54) is 11.0 Å². The van der Waals surface area contributed by atoms with Gasteiger partial charge in [-0.25, -0.2) is 0 Å². The van der Waals surface area contributed by atoms with Gasteiger partial charge < -0.3 is 20.3 Å². The van der Waals surface area contributed by atoms with Crippen molar-refractivity contribution in [3.05, 3.63) is 12.7 Å². The Kier molecular flexibility index (Phi) is 10.5. The molecule has 2 rings (SSSR count). The Morgan fingerprint density at radius 3 is 2.19 bits per heavy atom. The number of esters is 1. The van der Waals surface area contributed by atoms with Crippen LogP contribution in [-0.4, -0.2) is 65.1 Å². The highest BCUT2D eigenvalue weighted by atomic mass is 16.6. The van der Waals surface area contributed by atoms with Crippen molar-refractivity contribution in [2.24, 2.45) is 17.3 Å². The van der Waals surface area contributed by atoms with Crippen LogP contribution in [0.5, 0.6) is 0 Å². The summed E-state index contributed by atoms with van der Waals surface area (Å²) in [5.41, 5.74) is -1.21. The van der Waals surface area contributed by atoms with Gasteiger partial charge in [0.1, 0.15) is 11.6 Å². The molecule has 2 N–H and O–H groups in total. The van der Waals surface area contributed by atoms with Crippen LogP contribution >= 0.6 is 0 Å². The van der Waals surface area contributed by atoms with Gasteiger partial charge in [-0.3, -0.25) is 24.0 Å². The molecule has 3 atom stereocenters. The summed E-state index contributed by atoms with van der Waals surface area (Å²) in [5, 5.41) is 5.28. The van der Waals surface area contributed by atoms with Gasteiger partial charge in [-0.15, -0.1) is 6.58 Å². The highest BCUT2D eigenvalue weighted by molar-refractivity contribution is 6.38. The fourth-order valence-electron chi connectivity index (χ4n) is 4.79. The second-order valence-corrected chi connectivity index (χ2v) is 12.4. The number of carbonyl (C=O) groups excluding carboxylic acids is 5. The van der Waals surface area contributed by atoms with Crippen molar-refractivity contribution in [1.82, 2.24) is 15.5 Å². The van der Waals surface area contributed by atoms with Crippen molar-refractivity contribution in [2.75, 3.05) is 13.1 Å². The van der Waals surface area contributed by atoms with Crippen LogP contribution in [-0.2, 0) is 28.7 Å². The van der Waals surface area contributed by atoms with E-state index < -0.39 is 52.6 Å². The van der Waals surface area contributed by atoms with E-state index in [0.717, 1.165) is 19.3 Å². The normalized spacial score (nSPS) is 19.8. The van der Waals surface area contributed by atoms with Crippen LogP contribution in [0.3, 0.4) is 0 Å². The molecule has 1 aliphatic carbocycles. The van der Waals surface area contributed by atoms with Crippen LogP contribution in [0.25, 0.3) is 0 Å². The summed E-state index contributed by atoms with van der Waals surface area (Å²) in [6.07, 6.45) is 5.86. The highest BCUT2D eigenvalue weighted by Crippen LogP contribution is 2.34. The molecule has 9 heteroatoms. The van der Waals surface area contributed by atoms with Gasteiger partial charge in [-0.05, 0) is 51.4 Å². The molecule has 1 saturated heterocycles. The first kappa shape index (κ1) is 30.5. The molecular formula is C28H45N3O6. The zero-order valence-corrected chi connectivity index (χ0v) is 23.4. The molecule has 0 bridgehead atoms. The van der Waals surface area contributed by atoms with E-state index in [1.54, 1.807) is 20.8 Å². The van der Waals surface area contributed by atoms with Crippen LogP contribution in [0, 0.1) is 17.3 Å². The van der Waals surface area contributed by atoms with Gasteiger partial charge in [-0.2, -0.15) is 0 Å². The summed E-state index contributed by atoms with van der Waals surface area (Å²) in [5.74, 6) is -3.01. The van der Waals surface area contributed by atoms with E-state index in [-0.39, 0.29) is 24.8 Å². The number of Topliss-reactive ketones (excluding diaryl/α,β-unsaturated/α-hetero) is 1. The van der Waals surface area contributed by atoms with Gasteiger partial charge in [0.2, 0.25) is 17.6 Å². The van der Waals surface area contributed by atoms with Gasteiger partial charge in [0.05, 0.1) is 18.4 Å². The van der Waals surface area contributed by atoms with Crippen molar-refractivity contribution in [1.29, 1.82) is 0 Å². The van der Waals surface area contributed by atoms with Crippen LogP contribution in [0.1, 0.15) is 86.5 Å². The van der Waals surface area contributed by atoms with Crippen LogP contribution < -0.4 is 10.6 Å². The molecule has 3 unspecified atom stereocenters. The van der Waals surface area contributed by atoms with E-state index in [9.17, 15) is 24.0 Å². The van der Waals surface area contributed by atoms with Crippen molar-refractivity contribution in [2.45, 2.75) is 104 Å². The molecule has 1 aliphatic heterocycles. The average molecular weight is 520 g/mol. The van der Waals surface area contributed by atoms with Crippen LogP contribution in [0.2, 0.25) is 0 Å². The minimum absolute atomic E-state index is 0.0866. The van der Waals surface area contributed by atoms with Gasteiger partial charge in [0, 0.05) is 13.1 Å². The standard InChI is InChI=1S/C28H45N3O6/c1-8-14-29-25(35)23(33)20(16-18-11-9-12-18)30-24(34)21-13-10-15-31(21)26(36)19(27(2,3)4)17-22(32)37-28(5,6)7/h8,18-21H,1,9-17H2,2-7H3,(H,29,35)(H,30,34). The predicted octanol–water partition coefficient (Wildman–Crippen LogP) is 2.92. The average Bonchev–Trinajstić information content (AvgIpc) is 3.24. The van der Waals surface area contributed by atoms with Crippen LogP contribution in [0.4, 0.5) is 0 Å². The number of rotatable bonds is 11. The SMILES string of the molecule is C=CCNC(=O)C(=O)C(CC1CCC1)NC(=O)C1CCCN1C(=O)C(CC(=O)OC(C)(C)C)C(C)(C)C. The summed E-state index contributed by atoms with van der Waals surface area (Å²) in [6, 6.07) is -1.70. The Hall–Kier alpha value is -2.71. The minimum Gasteiger partial charge on any atom is -0.460 e. The molecule has 0 spiro atoms. The van der Waals surface area contributed by atoms with Crippen molar-refractivity contribution >= 4 is 29.5 Å². The Morgan fingerprint density at radius 1 is 1.03 bits per heavy atom. The first-order chi connectivity index (χ1) is 17.1. The predicted molar refractivity (Wildman–Crippen MR) is 140 cm³/mol. The van der Waals surface area contributed by atoms with E-state index in [0.29, 0.717) is 25.8 Å². The highest BCUT2D eigenvalue weighted by Gasteiger charge is 2.43. The quantitative estimate of drug-likeness (QED) is 0.246. The number of carbonyl (C=O) groups is 5. The molecule has 2 aliphatic rings. The Balaban J connectivity index is 2.17. The van der Waals surface area contributed by atoms with E-state index >= 15 is 0 Å². The molecule has 2 fully saturated rings. The smallest absolute Gasteiger partial charge is 0.307 e. The fourth-order valence-corrected chi connectivity index (χ4v) is 4.79. The first-order valence-electron chi connectivity index (χ1n) is 13.4. The lowest BCUT2D eigenvalue weighted by molar-refractivity contribution is -0.161. The molecule has 0 aromatic rings. The summed E-state index contributed by atoms with van der Waals surface area (Å²) in [6.45, 7) is 15.1. The number of nitrogens with zero attached hydrogens (tertiary/aromatic N) is 1. The number of ketones is 1. The Bertz CT molecular complexity index is 881. The summed E-state index contributed by atoms with van der Waals surface area (Å²) in [4.78, 5) is 66.4. The van der Waals surface area contributed by atoms with Gasteiger partial charge >= 0.3 is 5.97 Å². The molecule has 9 nitrogen and oxygen atoms in total. The molecule has 0 radical (unpaired) electrons. The van der Waals surface area contributed by atoms with Gasteiger partial charge in [0.15, 0.2) is 0 Å². The van der Waals surface area contributed by atoms with E-state index in [1.807, 2.05) is 20.8 Å². The second-order valence-electron chi connectivity index (χ2n) is 12.4. The molecule has 1 saturated carbocycles. The third-order valence-electron chi connectivity index (χ3n) is 7.03. The topological polar surface area (TPSA) is 122 Å². The number of hydrogen-bond donors (Lipinski definition) is 2. The Labute approximate surface area is 221 Å². The molecule has 37 heavy (non-hydrogen) atoms. The Morgan fingerprint density at radius 2 is 1.68 bits per heavy atom. The van der Waals surface area contributed by atoms with Crippen molar-refractivity contribution in [3.8, 4) is 0 Å². The molecule has 0 aromatic heterocycles. The lowest BCUT2D eigenvalue weighted by atomic mass is 9.77. The van der Waals surface area contributed by atoms with Crippen LogP contribution in [0.15, 0.2) is 12.7 Å². The van der Waals surface area contributed by atoms with E-state index in [2.05, 4.69) is 17.2 Å². The van der Waals surface area contributed by atoms with Crippen molar-refractivity contribution < 1.29 is 28.7 Å². The number of hydrogen-bond acceptors (Lipinski definition) is 6. The zero-order valence-electron chi connectivity index (χ0n) is 23.4. The van der Waals surface area contributed by atoms with E-state index in [4.69, 9.17) is 4.74 Å². The lowest BCUT2D eigenvalue weighted by Gasteiger charge is -2.35. The largest absolute Gasteiger partial charge is 0.460 e. The number of nitrogens with one attached hydrogen (secondary N) is 2. The van der Waals surface area contributed by atoms with Crippen molar-refractivity contribution in [3.63, 3.8) is 0 Å². The molecule has 3 amide bonds. The molecular weight excluding hydrogens is 474 g/mol. The fraction of sp³-hybridized carbons (Fsp3) is 0.750. The third-order valence-corrected chi connectivity index (χ3v) is 7.03. The first-order valence-corrected chi connectivity index (χ1v) is 13.4. The maximum atomic E-state index is 13.7. The minimum atomic E-state index is -0.944. The summed E-state index contributed by atoms with van der Waals surface area (Å²) in [7, 11) is 0. The number of amides is 3. The maximum absolute atomic E-state index is 13.7. The number of ether oxygens (including phenoxy) is 1. The van der Waals surface area contributed by atoms with Gasteiger partial charge in [-0.1, -0.05) is 46.1 Å². The molecule has 0 aromatic carbocycles. The summed E-state index contributed by atoms with van der Waals surface area (Å²) >= 11 is 0. The van der Waals surface area contributed by atoms with Gasteiger partial charge in [0.25, 0.3) is 5.91 Å². The number of likely N-dealkylation sites (tertiary alicyclic amines) is 1. The lowest BCUT2D eigenvalue weighted by Crippen LogP contribution is -2.55.